The highest BCUT2D eigenvalue weighted by Gasteiger charge is 2.24. The van der Waals surface area contributed by atoms with Crippen molar-refractivity contribution < 1.29 is 14.0 Å². The number of hydrogen-bond acceptors (Lipinski definition) is 3. The van der Waals surface area contributed by atoms with Crippen LogP contribution in [0, 0.1) is 5.82 Å². The Balaban J connectivity index is 1.31. The largest absolute Gasteiger partial charge is 0.349 e. The van der Waals surface area contributed by atoms with Crippen molar-refractivity contribution in [2.24, 2.45) is 0 Å². The summed E-state index contributed by atoms with van der Waals surface area (Å²) >= 11 is 5.77. The minimum absolute atomic E-state index is 0.0464. The summed E-state index contributed by atoms with van der Waals surface area (Å²) < 4.78 is 13.3. The number of amides is 2. The lowest BCUT2D eigenvalue weighted by atomic mass is 9.98. The summed E-state index contributed by atoms with van der Waals surface area (Å²) in [5, 5.41) is 2.98. The number of carbonyl (C=O) groups excluding carboxylic acids is 2. The van der Waals surface area contributed by atoms with Gasteiger partial charge in [-0.05, 0) is 54.7 Å². The van der Waals surface area contributed by atoms with Gasteiger partial charge in [-0.1, -0.05) is 23.7 Å². The molecule has 2 aliphatic rings. The highest BCUT2D eigenvalue weighted by Crippen LogP contribution is 2.28. The first-order chi connectivity index (χ1) is 14.4. The number of benzene rings is 2. The number of halogens is 2. The van der Waals surface area contributed by atoms with Crippen molar-refractivity contribution in [1.29, 1.82) is 0 Å². The zero-order chi connectivity index (χ0) is 21.3. The van der Waals surface area contributed by atoms with Crippen molar-refractivity contribution in [3.8, 4) is 0 Å². The number of fused-ring (bicyclic) bond motifs is 1. The molecule has 0 aliphatic carbocycles. The van der Waals surface area contributed by atoms with Crippen LogP contribution in [0.5, 0.6) is 0 Å². The Morgan fingerprint density at radius 2 is 1.93 bits per heavy atom. The molecule has 0 atom stereocenters. The van der Waals surface area contributed by atoms with Gasteiger partial charge in [0.05, 0.1) is 5.02 Å². The number of likely N-dealkylation sites (tertiary alicyclic amines) is 1. The van der Waals surface area contributed by atoms with Gasteiger partial charge >= 0.3 is 0 Å². The van der Waals surface area contributed by atoms with Crippen LogP contribution >= 0.6 is 11.6 Å². The molecule has 0 saturated carbocycles. The van der Waals surface area contributed by atoms with Crippen molar-refractivity contribution in [2.75, 3.05) is 25.0 Å². The molecule has 158 valence electrons. The lowest BCUT2D eigenvalue weighted by Crippen LogP contribution is -2.44. The number of nitrogens with one attached hydrogen (secondary N) is 1. The van der Waals surface area contributed by atoms with E-state index in [1.165, 1.54) is 29.3 Å². The molecule has 1 saturated heterocycles. The molecule has 1 fully saturated rings. The van der Waals surface area contributed by atoms with Crippen LogP contribution in [0.3, 0.4) is 0 Å². The van der Waals surface area contributed by atoms with Crippen LogP contribution in [0.25, 0.3) is 0 Å². The first-order valence-electron chi connectivity index (χ1n) is 10.3. The Hall–Kier alpha value is -2.44. The number of carbonyl (C=O) groups is 2. The third kappa shape index (κ3) is 4.50. The van der Waals surface area contributed by atoms with Gasteiger partial charge in [0.15, 0.2) is 0 Å². The van der Waals surface area contributed by atoms with Crippen molar-refractivity contribution in [3.05, 3.63) is 63.9 Å². The molecule has 4 rings (SSSR count). The average Bonchev–Trinajstić information content (AvgIpc) is 2.74. The third-order valence-electron chi connectivity index (χ3n) is 6.00. The maximum Gasteiger partial charge on any atom is 0.251 e. The van der Waals surface area contributed by atoms with Crippen molar-refractivity contribution >= 4 is 29.1 Å². The fourth-order valence-corrected chi connectivity index (χ4v) is 4.36. The van der Waals surface area contributed by atoms with E-state index in [4.69, 9.17) is 11.6 Å². The molecule has 0 bridgehead atoms. The smallest absolute Gasteiger partial charge is 0.251 e. The molecule has 2 amide bonds. The number of aryl methyl sites for hydroxylation is 1. The maximum atomic E-state index is 13.3. The number of rotatable bonds is 4. The zero-order valence-corrected chi connectivity index (χ0v) is 17.7. The summed E-state index contributed by atoms with van der Waals surface area (Å²) in [6, 6.07) is 10.5. The SMILES string of the molecule is CN1C(=O)CCc2ccc(CN3CCC(NC(=O)c4ccc(F)c(Cl)c4)CC3)cc21. The first-order valence-corrected chi connectivity index (χ1v) is 10.6. The highest BCUT2D eigenvalue weighted by atomic mass is 35.5. The molecule has 1 N–H and O–H groups in total. The second-order valence-electron chi connectivity index (χ2n) is 8.07. The fraction of sp³-hybridized carbons (Fsp3) is 0.391. The third-order valence-corrected chi connectivity index (χ3v) is 6.29. The topological polar surface area (TPSA) is 52.7 Å². The average molecular weight is 430 g/mol. The van der Waals surface area contributed by atoms with Crippen LogP contribution in [-0.4, -0.2) is 42.9 Å². The van der Waals surface area contributed by atoms with Gasteiger partial charge < -0.3 is 10.2 Å². The Kier molecular flexibility index (Phi) is 6.06. The molecular weight excluding hydrogens is 405 g/mol. The monoisotopic (exact) mass is 429 g/mol. The van der Waals surface area contributed by atoms with Gasteiger partial charge in [-0.2, -0.15) is 0 Å². The molecule has 0 radical (unpaired) electrons. The van der Waals surface area contributed by atoms with Crippen LogP contribution in [-0.2, 0) is 17.8 Å². The second kappa shape index (κ2) is 8.74. The number of anilines is 1. The number of hydrogen-bond donors (Lipinski definition) is 1. The molecule has 2 heterocycles. The van der Waals surface area contributed by atoms with E-state index in [1.54, 1.807) is 4.90 Å². The van der Waals surface area contributed by atoms with E-state index in [0.29, 0.717) is 12.0 Å². The Labute approximate surface area is 180 Å². The molecule has 2 aromatic rings. The molecule has 0 aromatic heterocycles. The minimum Gasteiger partial charge on any atom is -0.349 e. The van der Waals surface area contributed by atoms with Crippen molar-refractivity contribution in [3.63, 3.8) is 0 Å². The molecule has 7 heteroatoms. The van der Waals surface area contributed by atoms with Gasteiger partial charge in [0.25, 0.3) is 5.91 Å². The quantitative estimate of drug-likeness (QED) is 0.804. The minimum atomic E-state index is -0.528. The summed E-state index contributed by atoms with van der Waals surface area (Å²) in [5.41, 5.74) is 3.81. The standard InChI is InChI=1S/C23H25ClFN3O2/c1-27-21-12-15(2-3-16(21)5-7-22(27)29)14-28-10-8-18(9-11-28)26-23(30)17-4-6-20(25)19(24)13-17/h2-4,6,12-13,18H,5,7-11,14H2,1H3,(H,26,30). The fourth-order valence-electron chi connectivity index (χ4n) is 4.17. The van der Waals surface area contributed by atoms with Gasteiger partial charge in [-0.3, -0.25) is 14.5 Å². The van der Waals surface area contributed by atoms with Crippen LogP contribution in [0.2, 0.25) is 5.02 Å². The summed E-state index contributed by atoms with van der Waals surface area (Å²) in [5.74, 6) is -0.587. The predicted molar refractivity (Wildman–Crippen MR) is 115 cm³/mol. The highest BCUT2D eigenvalue weighted by molar-refractivity contribution is 6.31. The molecule has 2 aromatic carbocycles. The normalized spacial score (nSPS) is 17.7. The first kappa shape index (κ1) is 20.8. The molecule has 30 heavy (non-hydrogen) atoms. The van der Waals surface area contributed by atoms with Gasteiger partial charge in [-0.25, -0.2) is 4.39 Å². The van der Waals surface area contributed by atoms with E-state index in [9.17, 15) is 14.0 Å². The van der Waals surface area contributed by atoms with Gasteiger partial charge in [-0.15, -0.1) is 0 Å². The summed E-state index contributed by atoms with van der Waals surface area (Å²) in [7, 11) is 1.84. The van der Waals surface area contributed by atoms with Gasteiger partial charge in [0.1, 0.15) is 5.82 Å². The molecule has 5 nitrogen and oxygen atoms in total. The maximum absolute atomic E-state index is 13.3. The van der Waals surface area contributed by atoms with Crippen LogP contribution in [0.15, 0.2) is 36.4 Å². The predicted octanol–water partition coefficient (Wildman–Crippen LogP) is 3.78. The molecule has 2 aliphatic heterocycles. The molecule has 0 unspecified atom stereocenters. The summed E-state index contributed by atoms with van der Waals surface area (Å²) in [6.45, 7) is 2.57. The van der Waals surface area contributed by atoms with Crippen LogP contribution in [0.4, 0.5) is 10.1 Å². The molecule has 0 spiro atoms. The lowest BCUT2D eigenvalue weighted by molar-refractivity contribution is -0.118. The number of nitrogens with zero attached hydrogens (tertiary/aromatic N) is 2. The van der Waals surface area contributed by atoms with E-state index in [2.05, 4.69) is 28.4 Å². The summed E-state index contributed by atoms with van der Waals surface area (Å²) in [4.78, 5) is 28.5. The van der Waals surface area contributed by atoms with E-state index in [-0.39, 0.29) is 22.9 Å². The van der Waals surface area contributed by atoms with Crippen molar-refractivity contribution in [2.45, 2.75) is 38.3 Å². The zero-order valence-electron chi connectivity index (χ0n) is 17.0. The molecular formula is C23H25ClFN3O2. The van der Waals surface area contributed by atoms with Crippen molar-refractivity contribution in [1.82, 2.24) is 10.2 Å². The Morgan fingerprint density at radius 3 is 2.67 bits per heavy atom. The van der Waals surface area contributed by atoms with Gasteiger partial charge in [0.2, 0.25) is 5.91 Å². The Morgan fingerprint density at radius 1 is 1.17 bits per heavy atom. The van der Waals surface area contributed by atoms with E-state index in [1.807, 2.05) is 7.05 Å². The Bertz CT molecular complexity index is 973. The van der Waals surface area contributed by atoms with Crippen LogP contribution in [0.1, 0.15) is 40.7 Å². The summed E-state index contributed by atoms with van der Waals surface area (Å²) in [6.07, 6.45) is 3.09. The van der Waals surface area contributed by atoms with Gasteiger partial charge in [0, 0.05) is 50.4 Å². The number of piperidine rings is 1. The van der Waals surface area contributed by atoms with E-state index >= 15 is 0 Å². The lowest BCUT2D eigenvalue weighted by Gasteiger charge is -2.33. The van der Waals surface area contributed by atoms with E-state index < -0.39 is 5.82 Å². The van der Waals surface area contributed by atoms with Crippen LogP contribution < -0.4 is 10.2 Å². The second-order valence-corrected chi connectivity index (χ2v) is 8.48. The van der Waals surface area contributed by atoms with E-state index in [0.717, 1.165) is 44.6 Å².